The van der Waals surface area contributed by atoms with Gasteiger partial charge in [0.05, 0.1) is 6.54 Å². The Labute approximate surface area is 116 Å². The number of nitrogens with two attached hydrogens (primary N) is 1. The highest BCUT2D eigenvalue weighted by molar-refractivity contribution is 5.79. The van der Waals surface area contributed by atoms with Crippen LogP contribution in [-0.2, 0) is 11.3 Å². The summed E-state index contributed by atoms with van der Waals surface area (Å²) in [4.78, 5) is 13.1. The van der Waals surface area contributed by atoms with Crippen LogP contribution in [0.3, 0.4) is 0 Å². The third kappa shape index (κ3) is 5.30. The first-order chi connectivity index (χ1) is 9.04. The lowest BCUT2D eigenvalue weighted by molar-refractivity contribution is -0.116. The van der Waals surface area contributed by atoms with Gasteiger partial charge in [-0.15, -0.1) is 0 Å². The number of carbonyl (C=O) groups excluding carboxylic acids is 1. The van der Waals surface area contributed by atoms with Crippen LogP contribution in [0.4, 0.5) is 5.69 Å². The summed E-state index contributed by atoms with van der Waals surface area (Å²) in [5.41, 5.74) is 7.58. The molecular weight excluding hydrogens is 238 g/mol. The van der Waals surface area contributed by atoms with E-state index >= 15 is 0 Å². The highest BCUT2D eigenvalue weighted by atomic mass is 16.1. The number of nitrogens with zero attached hydrogens (tertiary/aromatic N) is 1. The highest BCUT2D eigenvalue weighted by Crippen LogP contribution is 2.19. The van der Waals surface area contributed by atoms with Gasteiger partial charge in [-0.3, -0.25) is 4.79 Å². The molecule has 1 aromatic carbocycles. The zero-order chi connectivity index (χ0) is 14.3. The second-order valence-corrected chi connectivity index (χ2v) is 5.13. The maximum absolute atomic E-state index is 11.1. The molecule has 4 nitrogen and oxygen atoms in total. The number of para-hydroxylation sites is 1. The fourth-order valence-corrected chi connectivity index (χ4v) is 2.02. The number of rotatable bonds is 8. The van der Waals surface area contributed by atoms with E-state index < -0.39 is 0 Å². The molecule has 1 amide bonds. The molecule has 0 atom stereocenters. The van der Waals surface area contributed by atoms with E-state index in [0.717, 1.165) is 25.3 Å². The lowest BCUT2D eigenvalue weighted by Gasteiger charge is -2.24. The molecule has 0 fully saturated rings. The Balaban J connectivity index is 2.78. The van der Waals surface area contributed by atoms with E-state index in [9.17, 15) is 4.79 Å². The number of anilines is 1. The van der Waals surface area contributed by atoms with Gasteiger partial charge in [0.25, 0.3) is 0 Å². The first kappa shape index (κ1) is 15.5. The number of benzene rings is 1. The summed E-state index contributed by atoms with van der Waals surface area (Å²) in [6.07, 6.45) is 0. The molecule has 0 aliphatic heterocycles. The number of hydrogen-bond acceptors (Lipinski definition) is 3. The average molecular weight is 263 g/mol. The topological polar surface area (TPSA) is 58.4 Å². The number of primary amides is 1. The molecule has 3 N–H and O–H groups in total. The third-order valence-corrected chi connectivity index (χ3v) is 2.93. The van der Waals surface area contributed by atoms with Crippen molar-refractivity contribution in [3.05, 3.63) is 29.8 Å². The first-order valence-corrected chi connectivity index (χ1v) is 6.86. The largest absolute Gasteiger partial charge is 0.368 e. The Morgan fingerprint density at radius 3 is 2.63 bits per heavy atom. The van der Waals surface area contributed by atoms with Gasteiger partial charge in [0.1, 0.15) is 0 Å². The maximum atomic E-state index is 11.1. The quantitative estimate of drug-likeness (QED) is 0.751. The Hall–Kier alpha value is -1.55. The molecule has 1 rings (SSSR count). The Bertz CT molecular complexity index is 404. The molecule has 0 radical (unpaired) electrons. The van der Waals surface area contributed by atoms with E-state index in [1.807, 2.05) is 30.0 Å². The summed E-state index contributed by atoms with van der Waals surface area (Å²) in [6.45, 7) is 9.22. The van der Waals surface area contributed by atoms with E-state index in [1.165, 1.54) is 5.56 Å². The number of nitrogens with one attached hydrogen (secondary N) is 1. The molecule has 4 heteroatoms. The second-order valence-electron chi connectivity index (χ2n) is 5.13. The van der Waals surface area contributed by atoms with Crippen molar-refractivity contribution in [3.8, 4) is 0 Å². The molecule has 0 aromatic heterocycles. The lowest BCUT2D eigenvalue weighted by Crippen LogP contribution is -2.34. The van der Waals surface area contributed by atoms with E-state index in [0.29, 0.717) is 5.92 Å². The van der Waals surface area contributed by atoms with E-state index in [2.05, 4.69) is 25.2 Å². The highest BCUT2D eigenvalue weighted by Gasteiger charge is 2.11. The molecule has 106 valence electrons. The van der Waals surface area contributed by atoms with E-state index in [-0.39, 0.29) is 12.5 Å². The number of hydrogen-bond donors (Lipinski definition) is 2. The molecule has 0 saturated carbocycles. The third-order valence-electron chi connectivity index (χ3n) is 2.93. The van der Waals surface area contributed by atoms with Crippen LogP contribution in [0.2, 0.25) is 0 Å². The van der Waals surface area contributed by atoms with Crippen molar-refractivity contribution < 1.29 is 4.79 Å². The van der Waals surface area contributed by atoms with Crippen LogP contribution in [0, 0.1) is 5.92 Å². The normalized spacial score (nSPS) is 10.7. The minimum absolute atomic E-state index is 0.262. The first-order valence-electron chi connectivity index (χ1n) is 6.86. The van der Waals surface area contributed by atoms with Gasteiger partial charge < -0.3 is 16.0 Å². The lowest BCUT2D eigenvalue weighted by atomic mass is 10.1. The van der Waals surface area contributed by atoms with Gasteiger partial charge in [-0.1, -0.05) is 32.0 Å². The zero-order valence-electron chi connectivity index (χ0n) is 12.1. The number of amides is 1. The minimum atomic E-state index is -0.299. The van der Waals surface area contributed by atoms with Crippen LogP contribution in [0.1, 0.15) is 26.3 Å². The Kier molecular flexibility index (Phi) is 6.36. The maximum Gasteiger partial charge on any atom is 0.236 e. The SMILES string of the molecule is CCN(CC(N)=O)c1ccccc1CNCC(C)C. The smallest absolute Gasteiger partial charge is 0.236 e. The van der Waals surface area contributed by atoms with Crippen LogP contribution in [-0.4, -0.2) is 25.5 Å². The van der Waals surface area contributed by atoms with Crippen LogP contribution in [0.15, 0.2) is 24.3 Å². The van der Waals surface area contributed by atoms with Gasteiger partial charge in [0, 0.05) is 18.8 Å². The summed E-state index contributed by atoms with van der Waals surface area (Å²) < 4.78 is 0. The fraction of sp³-hybridized carbons (Fsp3) is 0.533. The van der Waals surface area contributed by atoms with Crippen LogP contribution in [0.25, 0.3) is 0 Å². The van der Waals surface area contributed by atoms with Crippen molar-refractivity contribution in [1.29, 1.82) is 0 Å². The summed E-state index contributed by atoms with van der Waals surface area (Å²) in [7, 11) is 0. The summed E-state index contributed by atoms with van der Waals surface area (Å²) >= 11 is 0. The minimum Gasteiger partial charge on any atom is -0.368 e. The molecule has 0 heterocycles. The van der Waals surface area contributed by atoms with Crippen molar-refractivity contribution in [2.45, 2.75) is 27.3 Å². The molecule has 0 spiro atoms. The van der Waals surface area contributed by atoms with Crippen molar-refractivity contribution in [2.24, 2.45) is 11.7 Å². The van der Waals surface area contributed by atoms with Gasteiger partial charge in [-0.25, -0.2) is 0 Å². The predicted octanol–water partition coefficient (Wildman–Crippen LogP) is 1.74. The molecule has 19 heavy (non-hydrogen) atoms. The van der Waals surface area contributed by atoms with Crippen molar-refractivity contribution in [3.63, 3.8) is 0 Å². The molecule has 0 aliphatic rings. The standard InChI is InChI=1S/C15H25N3O/c1-4-18(11-15(16)19)14-8-6-5-7-13(14)10-17-9-12(2)3/h5-8,12,17H,4,9-11H2,1-3H3,(H2,16,19). The summed E-state index contributed by atoms with van der Waals surface area (Å²) in [6, 6.07) is 8.14. The molecular formula is C15H25N3O. The predicted molar refractivity (Wildman–Crippen MR) is 80.1 cm³/mol. The van der Waals surface area contributed by atoms with E-state index in [4.69, 9.17) is 5.73 Å². The Morgan fingerprint density at radius 1 is 1.37 bits per heavy atom. The zero-order valence-corrected chi connectivity index (χ0v) is 12.1. The Morgan fingerprint density at radius 2 is 2.05 bits per heavy atom. The summed E-state index contributed by atoms with van der Waals surface area (Å²) in [5, 5.41) is 3.43. The van der Waals surface area contributed by atoms with Crippen LogP contribution < -0.4 is 16.0 Å². The number of carbonyl (C=O) groups is 1. The molecule has 1 aromatic rings. The van der Waals surface area contributed by atoms with Gasteiger partial charge in [0.2, 0.25) is 5.91 Å². The molecule has 0 unspecified atom stereocenters. The number of likely N-dealkylation sites (N-methyl/N-ethyl adjacent to an activating group) is 1. The molecule has 0 saturated heterocycles. The van der Waals surface area contributed by atoms with Gasteiger partial charge >= 0.3 is 0 Å². The van der Waals surface area contributed by atoms with Crippen LogP contribution in [0.5, 0.6) is 0 Å². The van der Waals surface area contributed by atoms with Crippen molar-refractivity contribution in [1.82, 2.24) is 5.32 Å². The van der Waals surface area contributed by atoms with Gasteiger partial charge in [-0.2, -0.15) is 0 Å². The fourth-order valence-electron chi connectivity index (χ4n) is 2.02. The molecule has 0 aliphatic carbocycles. The monoisotopic (exact) mass is 263 g/mol. The van der Waals surface area contributed by atoms with E-state index in [1.54, 1.807) is 0 Å². The van der Waals surface area contributed by atoms with Gasteiger partial charge in [0.15, 0.2) is 0 Å². The van der Waals surface area contributed by atoms with Crippen LogP contribution >= 0.6 is 0 Å². The summed E-state index contributed by atoms with van der Waals surface area (Å²) in [5.74, 6) is 0.326. The average Bonchev–Trinajstić information content (AvgIpc) is 2.36. The van der Waals surface area contributed by atoms with Crippen molar-refractivity contribution in [2.75, 3.05) is 24.5 Å². The van der Waals surface area contributed by atoms with Crippen molar-refractivity contribution >= 4 is 11.6 Å². The molecule has 0 bridgehead atoms. The van der Waals surface area contributed by atoms with Gasteiger partial charge in [-0.05, 0) is 31.0 Å². The second kappa shape index (κ2) is 7.79.